The van der Waals surface area contributed by atoms with Crippen LogP contribution in [0.3, 0.4) is 0 Å². The van der Waals surface area contributed by atoms with Crippen LogP contribution in [0.2, 0.25) is 0 Å². The summed E-state index contributed by atoms with van der Waals surface area (Å²) in [4.78, 5) is 18.7. The van der Waals surface area contributed by atoms with E-state index >= 15 is 0 Å². The van der Waals surface area contributed by atoms with Crippen molar-refractivity contribution in [3.63, 3.8) is 0 Å². The molecule has 0 bridgehead atoms. The lowest BCUT2D eigenvalue weighted by Crippen LogP contribution is -2.29. The van der Waals surface area contributed by atoms with E-state index in [2.05, 4.69) is 15.2 Å². The maximum atomic E-state index is 12.1. The van der Waals surface area contributed by atoms with Gasteiger partial charge in [-0.15, -0.1) is 0 Å². The Morgan fingerprint density at radius 2 is 2.20 bits per heavy atom. The standard InChI is InChI=1S/C15H22N4O/c16-12(11-5-6-11)10-14(20)18-13-4-3-7-17-15(13)19-8-1-2-9-19/h3-4,7,11-12H,1-2,5-6,8-10,16H2,(H,18,20). The highest BCUT2D eigenvalue weighted by Gasteiger charge is 2.30. The summed E-state index contributed by atoms with van der Waals surface area (Å²) in [5.74, 6) is 1.43. The Labute approximate surface area is 119 Å². The van der Waals surface area contributed by atoms with Crippen LogP contribution in [0, 0.1) is 5.92 Å². The maximum absolute atomic E-state index is 12.1. The summed E-state index contributed by atoms with van der Waals surface area (Å²) >= 11 is 0. The molecule has 1 atom stereocenters. The van der Waals surface area contributed by atoms with Crippen LogP contribution in [0.1, 0.15) is 32.1 Å². The van der Waals surface area contributed by atoms with Gasteiger partial charge in [0.2, 0.25) is 5.91 Å². The number of pyridine rings is 1. The van der Waals surface area contributed by atoms with Gasteiger partial charge in [0.1, 0.15) is 0 Å². The summed E-state index contributed by atoms with van der Waals surface area (Å²) in [5, 5.41) is 2.98. The Bertz CT molecular complexity index is 481. The second kappa shape index (κ2) is 5.79. The Hall–Kier alpha value is -1.62. The van der Waals surface area contributed by atoms with Crippen LogP contribution >= 0.6 is 0 Å². The van der Waals surface area contributed by atoms with Gasteiger partial charge in [0.15, 0.2) is 5.82 Å². The number of hydrogen-bond donors (Lipinski definition) is 2. The first kappa shape index (κ1) is 13.4. The van der Waals surface area contributed by atoms with Gasteiger partial charge in [0.25, 0.3) is 0 Å². The fourth-order valence-electron chi connectivity index (χ4n) is 2.78. The highest BCUT2D eigenvalue weighted by Crippen LogP contribution is 2.33. The van der Waals surface area contributed by atoms with Crippen molar-refractivity contribution in [1.82, 2.24) is 4.98 Å². The lowest BCUT2D eigenvalue weighted by Gasteiger charge is -2.20. The van der Waals surface area contributed by atoms with Crippen molar-refractivity contribution in [1.29, 1.82) is 0 Å². The third kappa shape index (κ3) is 3.10. The molecule has 1 unspecified atom stereocenters. The Balaban J connectivity index is 1.65. The minimum absolute atomic E-state index is 0.00177. The Morgan fingerprint density at radius 3 is 2.90 bits per heavy atom. The number of nitrogens with two attached hydrogens (primary N) is 1. The molecule has 1 saturated heterocycles. The highest BCUT2D eigenvalue weighted by molar-refractivity contribution is 5.94. The number of hydrogen-bond acceptors (Lipinski definition) is 4. The fraction of sp³-hybridized carbons (Fsp3) is 0.600. The normalized spacial score (nSPS) is 19.9. The molecule has 3 rings (SSSR count). The number of carbonyl (C=O) groups is 1. The first-order chi connectivity index (χ1) is 9.74. The molecule has 1 saturated carbocycles. The van der Waals surface area contributed by atoms with Crippen molar-refractivity contribution in [2.75, 3.05) is 23.3 Å². The molecule has 2 fully saturated rings. The van der Waals surface area contributed by atoms with Crippen molar-refractivity contribution < 1.29 is 4.79 Å². The van der Waals surface area contributed by atoms with Crippen molar-refractivity contribution in [3.8, 4) is 0 Å². The predicted molar refractivity (Wildman–Crippen MR) is 79.6 cm³/mol. The van der Waals surface area contributed by atoms with Gasteiger partial charge in [-0.05, 0) is 43.7 Å². The molecule has 2 heterocycles. The zero-order chi connectivity index (χ0) is 13.9. The van der Waals surface area contributed by atoms with Crippen LogP contribution in [0.4, 0.5) is 11.5 Å². The minimum Gasteiger partial charge on any atom is -0.355 e. The molecule has 20 heavy (non-hydrogen) atoms. The topological polar surface area (TPSA) is 71.2 Å². The lowest BCUT2D eigenvalue weighted by molar-refractivity contribution is -0.116. The number of carbonyl (C=O) groups excluding carboxylic acids is 1. The van der Waals surface area contributed by atoms with E-state index in [-0.39, 0.29) is 11.9 Å². The molecule has 0 spiro atoms. The number of nitrogens with zero attached hydrogens (tertiary/aromatic N) is 2. The molecule has 1 aromatic rings. The zero-order valence-electron chi connectivity index (χ0n) is 11.7. The molecule has 108 valence electrons. The zero-order valence-corrected chi connectivity index (χ0v) is 11.7. The van der Waals surface area contributed by atoms with Crippen LogP contribution in [-0.2, 0) is 4.79 Å². The third-order valence-electron chi connectivity index (χ3n) is 4.11. The molecule has 1 aliphatic carbocycles. The van der Waals surface area contributed by atoms with Gasteiger partial charge in [0, 0.05) is 31.7 Å². The maximum Gasteiger partial charge on any atom is 0.226 e. The van der Waals surface area contributed by atoms with Crippen LogP contribution in [0.15, 0.2) is 18.3 Å². The smallest absolute Gasteiger partial charge is 0.226 e. The van der Waals surface area contributed by atoms with Crippen LogP contribution in [-0.4, -0.2) is 30.0 Å². The monoisotopic (exact) mass is 274 g/mol. The van der Waals surface area contributed by atoms with Gasteiger partial charge < -0.3 is 16.0 Å². The molecule has 5 heteroatoms. The molecule has 0 radical (unpaired) electrons. The van der Waals surface area contributed by atoms with Gasteiger partial charge >= 0.3 is 0 Å². The van der Waals surface area contributed by atoms with Crippen molar-refractivity contribution in [2.45, 2.75) is 38.1 Å². The summed E-state index contributed by atoms with van der Waals surface area (Å²) in [7, 11) is 0. The largest absolute Gasteiger partial charge is 0.355 e. The Morgan fingerprint density at radius 1 is 1.45 bits per heavy atom. The minimum atomic E-state index is -0.00199. The van der Waals surface area contributed by atoms with Crippen molar-refractivity contribution in [2.24, 2.45) is 11.7 Å². The van der Waals surface area contributed by atoms with E-state index in [9.17, 15) is 4.79 Å². The average molecular weight is 274 g/mol. The SMILES string of the molecule is NC(CC(=O)Nc1cccnc1N1CCCC1)C1CC1. The second-order valence-corrected chi connectivity index (χ2v) is 5.82. The first-order valence-corrected chi connectivity index (χ1v) is 7.49. The Kier molecular flexibility index (Phi) is 3.87. The summed E-state index contributed by atoms with van der Waals surface area (Å²) < 4.78 is 0. The quantitative estimate of drug-likeness (QED) is 0.858. The predicted octanol–water partition coefficient (Wildman–Crippen LogP) is 1.75. The number of anilines is 2. The van der Waals surface area contributed by atoms with Gasteiger partial charge in [-0.25, -0.2) is 4.98 Å². The van der Waals surface area contributed by atoms with Crippen LogP contribution in [0.5, 0.6) is 0 Å². The first-order valence-electron chi connectivity index (χ1n) is 7.49. The van der Waals surface area contributed by atoms with Gasteiger partial charge in [0.05, 0.1) is 5.69 Å². The second-order valence-electron chi connectivity index (χ2n) is 5.82. The number of rotatable bonds is 5. The highest BCUT2D eigenvalue weighted by atomic mass is 16.1. The molecular weight excluding hydrogens is 252 g/mol. The molecule has 1 aliphatic heterocycles. The molecule has 2 aliphatic rings. The summed E-state index contributed by atoms with van der Waals surface area (Å²) in [6, 6.07) is 3.78. The molecule has 1 aromatic heterocycles. The number of amides is 1. The van der Waals surface area contributed by atoms with E-state index in [1.807, 2.05) is 12.1 Å². The molecule has 0 aromatic carbocycles. The average Bonchev–Trinajstić information content (AvgIpc) is 3.15. The molecule has 1 amide bonds. The van der Waals surface area contributed by atoms with Crippen LogP contribution in [0.25, 0.3) is 0 Å². The summed E-state index contributed by atoms with van der Waals surface area (Å²) in [5.41, 5.74) is 6.81. The fourth-order valence-corrected chi connectivity index (χ4v) is 2.78. The van der Waals surface area contributed by atoms with E-state index < -0.39 is 0 Å². The van der Waals surface area contributed by atoms with E-state index in [0.29, 0.717) is 12.3 Å². The van der Waals surface area contributed by atoms with E-state index in [0.717, 1.165) is 24.6 Å². The third-order valence-corrected chi connectivity index (χ3v) is 4.11. The summed E-state index contributed by atoms with van der Waals surface area (Å²) in [6.07, 6.45) is 6.89. The molecule has 5 nitrogen and oxygen atoms in total. The van der Waals surface area contributed by atoms with Gasteiger partial charge in [-0.1, -0.05) is 0 Å². The van der Waals surface area contributed by atoms with E-state index in [1.54, 1.807) is 6.20 Å². The van der Waals surface area contributed by atoms with Gasteiger partial charge in [-0.3, -0.25) is 4.79 Å². The summed E-state index contributed by atoms with van der Waals surface area (Å²) in [6.45, 7) is 2.03. The van der Waals surface area contributed by atoms with Crippen molar-refractivity contribution in [3.05, 3.63) is 18.3 Å². The van der Waals surface area contributed by atoms with E-state index in [1.165, 1.54) is 25.7 Å². The van der Waals surface area contributed by atoms with E-state index in [4.69, 9.17) is 5.73 Å². The van der Waals surface area contributed by atoms with Gasteiger partial charge in [-0.2, -0.15) is 0 Å². The molecular formula is C15H22N4O. The lowest BCUT2D eigenvalue weighted by atomic mass is 10.1. The van der Waals surface area contributed by atoms with Crippen molar-refractivity contribution >= 4 is 17.4 Å². The number of nitrogens with one attached hydrogen (secondary N) is 1. The number of aromatic nitrogens is 1. The van der Waals surface area contributed by atoms with Crippen LogP contribution < -0.4 is 16.0 Å². The molecule has 3 N–H and O–H groups in total.